The number of para-hydroxylation sites is 1. The van der Waals surface area contributed by atoms with E-state index in [-0.39, 0.29) is 18.4 Å². The van der Waals surface area contributed by atoms with E-state index in [0.717, 1.165) is 16.8 Å². The summed E-state index contributed by atoms with van der Waals surface area (Å²) in [7, 11) is 0. The molecular formula is C24H34N6O2. The van der Waals surface area contributed by atoms with Crippen LogP contribution in [0.4, 0.5) is 16.4 Å². The van der Waals surface area contributed by atoms with E-state index in [1.165, 1.54) is 0 Å². The molecule has 32 heavy (non-hydrogen) atoms. The van der Waals surface area contributed by atoms with Gasteiger partial charge in [-0.2, -0.15) is 0 Å². The summed E-state index contributed by atoms with van der Waals surface area (Å²) < 4.78 is 0. The Labute approximate surface area is 190 Å². The molecule has 172 valence electrons. The standard InChI is InChI=1S/C24H34N6O2/c1-17(2)19-7-5-8-20(18(3)4)22(19)28-24(32)27-12-9-21(31)29-13-15-30(16-14-29)23-25-10-6-11-26-23/h5-8,10-11,17-18H,9,12-16H2,1-4H3,(H2,27,28,32). The second-order valence-corrected chi connectivity index (χ2v) is 8.67. The molecule has 3 amide bonds. The highest BCUT2D eigenvalue weighted by Crippen LogP contribution is 2.32. The third-order valence-electron chi connectivity index (χ3n) is 5.70. The minimum Gasteiger partial charge on any atom is -0.339 e. The van der Waals surface area contributed by atoms with Crippen LogP contribution in [0.1, 0.15) is 57.1 Å². The fourth-order valence-electron chi connectivity index (χ4n) is 3.90. The quantitative estimate of drug-likeness (QED) is 0.690. The molecule has 0 aliphatic carbocycles. The van der Waals surface area contributed by atoms with E-state index >= 15 is 0 Å². The highest BCUT2D eigenvalue weighted by atomic mass is 16.2. The number of aromatic nitrogens is 2. The monoisotopic (exact) mass is 438 g/mol. The summed E-state index contributed by atoms with van der Waals surface area (Å²) in [4.78, 5) is 37.6. The van der Waals surface area contributed by atoms with Crippen LogP contribution in [0.5, 0.6) is 0 Å². The van der Waals surface area contributed by atoms with E-state index in [2.05, 4.69) is 65.3 Å². The number of hydrogen-bond donors (Lipinski definition) is 2. The Morgan fingerprint density at radius 3 is 2.09 bits per heavy atom. The third-order valence-corrected chi connectivity index (χ3v) is 5.70. The van der Waals surface area contributed by atoms with Gasteiger partial charge in [-0.15, -0.1) is 0 Å². The van der Waals surface area contributed by atoms with E-state index in [4.69, 9.17) is 0 Å². The number of rotatable bonds is 7. The van der Waals surface area contributed by atoms with Crippen molar-refractivity contribution in [2.24, 2.45) is 0 Å². The van der Waals surface area contributed by atoms with Gasteiger partial charge in [0, 0.05) is 57.2 Å². The number of benzene rings is 1. The number of carbonyl (C=O) groups is 2. The minimum absolute atomic E-state index is 0.0457. The number of amides is 3. The van der Waals surface area contributed by atoms with Gasteiger partial charge in [0.05, 0.1) is 0 Å². The second-order valence-electron chi connectivity index (χ2n) is 8.67. The van der Waals surface area contributed by atoms with Gasteiger partial charge in [0.1, 0.15) is 0 Å². The molecule has 1 aromatic carbocycles. The summed E-state index contributed by atoms with van der Waals surface area (Å²) in [5, 5.41) is 5.86. The second kappa shape index (κ2) is 10.9. The molecule has 0 spiro atoms. The fraction of sp³-hybridized carbons (Fsp3) is 0.500. The average molecular weight is 439 g/mol. The highest BCUT2D eigenvalue weighted by Gasteiger charge is 2.22. The number of anilines is 2. The Kier molecular flexibility index (Phi) is 8.03. The maximum Gasteiger partial charge on any atom is 0.319 e. The molecule has 0 bridgehead atoms. The lowest BCUT2D eigenvalue weighted by atomic mass is 9.93. The summed E-state index contributed by atoms with van der Waals surface area (Å²) in [5.74, 6) is 1.33. The van der Waals surface area contributed by atoms with E-state index in [1.807, 2.05) is 11.0 Å². The molecule has 2 N–H and O–H groups in total. The summed E-state index contributed by atoms with van der Waals surface area (Å²) in [6.07, 6.45) is 3.72. The van der Waals surface area contributed by atoms with Gasteiger partial charge in [-0.3, -0.25) is 4.79 Å². The molecule has 3 rings (SSSR count). The number of nitrogens with one attached hydrogen (secondary N) is 2. The smallest absolute Gasteiger partial charge is 0.319 e. The average Bonchev–Trinajstić information content (AvgIpc) is 2.79. The topological polar surface area (TPSA) is 90.5 Å². The molecule has 8 nitrogen and oxygen atoms in total. The maximum atomic E-state index is 12.6. The predicted octanol–water partition coefficient (Wildman–Crippen LogP) is 3.58. The van der Waals surface area contributed by atoms with Crippen LogP contribution in [0.25, 0.3) is 0 Å². The third kappa shape index (κ3) is 5.96. The lowest BCUT2D eigenvalue weighted by Gasteiger charge is -2.34. The van der Waals surface area contributed by atoms with Crippen molar-refractivity contribution in [1.29, 1.82) is 0 Å². The Bertz CT molecular complexity index is 882. The fourth-order valence-corrected chi connectivity index (χ4v) is 3.90. The van der Waals surface area contributed by atoms with Crippen LogP contribution in [0, 0.1) is 0 Å². The molecule has 8 heteroatoms. The van der Waals surface area contributed by atoms with Gasteiger partial charge in [0.25, 0.3) is 0 Å². The molecule has 0 saturated carbocycles. The zero-order valence-electron chi connectivity index (χ0n) is 19.5. The van der Waals surface area contributed by atoms with Crippen LogP contribution in [-0.4, -0.2) is 59.5 Å². The van der Waals surface area contributed by atoms with E-state index < -0.39 is 0 Å². The molecule has 1 aliphatic heterocycles. The SMILES string of the molecule is CC(C)c1cccc(C(C)C)c1NC(=O)NCCC(=O)N1CCN(c2ncccn2)CC1. The van der Waals surface area contributed by atoms with Gasteiger partial charge >= 0.3 is 6.03 Å². The first-order valence-corrected chi connectivity index (χ1v) is 11.3. The van der Waals surface area contributed by atoms with Crippen molar-refractivity contribution >= 4 is 23.6 Å². The van der Waals surface area contributed by atoms with Crippen LogP contribution in [-0.2, 0) is 4.79 Å². The van der Waals surface area contributed by atoms with Crippen molar-refractivity contribution in [3.8, 4) is 0 Å². The zero-order valence-corrected chi connectivity index (χ0v) is 19.5. The lowest BCUT2D eigenvalue weighted by Crippen LogP contribution is -2.49. The van der Waals surface area contributed by atoms with E-state index in [0.29, 0.717) is 50.5 Å². The predicted molar refractivity (Wildman–Crippen MR) is 127 cm³/mol. The molecule has 1 aromatic heterocycles. The first kappa shape index (κ1) is 23.5. The molecule has 0 atom stereocenters. The van der Waals surface area contributed by atoms with Crippen LogP contribution in [0.15, 0.2) is 36.7 Å². The van der Waals surface area contributed by atoms with Crippen LogP contribution >= 0.6 is 0 Å². The van der Waals surface area contributed by atoms with Gasteiger partial charge in [0.2, 0.25) is 11.9 Å². The number of nitrogens with zero attached hydrogens (tertiary/aromatic N) is 4. The van der Waals surface area contributed by atoms with Crippen molar-refractivity contribution < 1.29 is 9.59 Å². The first-order valence-electron chi connectivity index (χ1n) is 11.3. The van der Waals surface area contributed by atoms with Crippen LogP contribution in [0.3, 0.4) is 0 Å². The molecule has 1 saturated heterocycles. The lowest BCUT2D eigenvalue weighted by molar-refractivity contribution is -0.131. The van der Waals surface area contributed by atoms with Gasteiger partial charge < -0.3 is 20.4 Å². The van der Waals surface area contributed by atoms with Crippen molar-refractivity contribution in [2.75, 3.05) is 42.9 Å². The maximum absolute atomic E-state index is 12.6. The molecule has 1 aliphatic rings. The molecule has 0 unspecified atom stereocenters. The summed E-state index contributed by atoms with van der Waals surface area (Å²) in [5.41, 5.74) is 3.10. The minimum atomic E-state index is -0.279. The number of carbonyl (C=O) groups excluding carboxylic acids is 2. The van der Waals surface area contributed by atoms with Crippen molar-refractivity contribution in [2.45, 2.75) is 46.0 Å². The van der Waals surface area contributed by atoms with Gasteiger partial charge in [-0.25, -0.2) is 14.8 Å². The Balaban J connectivity index is 1.47. The normalized spacial score (nSPS) is 14.1. The van der Waals surface area contributed by atoms with Crippen molar-refractivity contribution in [1.82, 2.24) is 20.2 Å². The van der Waals surface area contributed by atoms with E-state index in [9.17, 15) is 9.59 Å². The van der Waals surface area contributed by atoms with Crippen LogP contribution in [0.2, 0.25) is 0 Å². The Hall–Kier alpha value is -3.16. The Morgan fingerprint density at radius 2 is 1.53 bits per heavy atom. The van der Waals surface area contributed by atoms with Crippen molar-refractivity contribution in [3.05, 3.63) is 47.8 Å². The van der Waals surface area contributed by atoms with Gasteiger partial charge in [-0.1, -0.05) is 45.9 Å². The zero-order chi connectivity index (χ0) is 23.1. The van der Waals surface area contributed by atoms with Gasteiger partial charge in [0.15, 0.2) is 0 Å². The molecular weight excluding hydrogens is 404 g/mol. The van der Waals surface area contributed by atoms with Crippen LogP contribution < -0.4 is 15.5 Å². The van der Waals surface area contributed by atoms with Gasteiger partial charge in [-0.05, 0) is 29.0 Å². The first-order chi connectivity index (χ1) is 15.4. The number of hydrogen-bond acceptors (Lipinski definition) is 5. The summed E-state index contributed by atoms with van der Waals surface area (Å²) in [6, 6.07) is 7.65. The van der Waals surface area contributed by atoms with Crippen molar-refractivity contribution in [3.63, 3.8) is 0 Å². The molecule has 1 fully saturated rings. The number of piperazine rings is 1. The number of urea groups is 1. The molecule has 2 aromatic rings. The Morgan fingerprint density at radius 1 is 0.938 bits per heavy atom. The molecule has 2 heterocycles. The molecule has 0 radical (unpaired) electrons. The highest BCUT2D eigenvalue weighted by molar-refractivity contribution is 5.91. The summed E-state index contributed by atoms with van der Waals surface area (Å²) in [6.45, 7) is 11.4. The summed E-state index contributed by atoms with van der Waals surface area (Å²) >= 11 is 0. The largest absolute Gasteiger partial charge is 0.339 e. The van der Waals surface area contributed by atoms with E-state index in [1.54, 1.807) is 18.5 Å².